The van der Waals surface area contributed by atoms with Gasteiger partial charge >= 0.3 is 0 Å². The Kier molecular flexibility index (Phi) is 3.06. The molecule has 0 amide bonds. The van der Waals surface area contributed by atoms with Gasteiger partial charge in [-0.3, -0.25) is 0 Å². The van der Waals surface area contributed by atoms with E-state index in [1.54, 1.807) is 0 Å². The first kappa shape index (κ1) is 9.69. The summed E-state index contributed by atoms with van der Waals surface area (Å²) in [7, 11) is 2.07. The van der Waals surface area contributed by atoms with Crippen LogP contribution in [0.1, 0.15) is 30.2 Å². The monoisotopic (exact) mass is 259 g/mol. The molecule has 13 heavy (non-hydrogen) atoms. The largest absolute Gasteiger partial charge is 0.312 e. The highest BCUT2D eigenvalue weighted by Gasteiger charge is 2.27. The smallest absolute Gasteiger partial charge is 0.0701 e. The van der Waals surface area contributed by atoms with E-state index in [9.17, 15) is 0 Å². The fourth-order valence-corrected chi connectivity index (χ4v) is 3.51. The predicted molar refractivity (Wildman–Crippen MR) is 61.2 cm³/mol. The van der Waals surface area contributed by atoms with Crippen LogP contribution in [0.2, 0.25) is 0 Å². The minimum atomic E-state index is 0.588. The number of rotatable bonds is 3. The van der Waals surface area contributed by atoms with Gasteiger partial charge < -0.3 is 5.32 Å². The van der Waals surface area contributed by atoms with Crippen LogP contribution < -0.4 is 5.32 Å². The molecule has 1 fully saturated rings. The van der Waals surface area contributed by atoms with Crippen molar-refractivity contribution in [3.05, 3.63) is 20.8 Å². The average molecular weight is 260 g/mol. The topological polar surface area (TPSA) is 12.0 Å². The number of hydrogen-bond acceptors (Lipinski definition) is 2. The van der Waals surface area contributed by atoms with E-state index in [0.29, 0.717) is 6.04 Å². The quantitative estimate of drug-likeness (QED) is 0.876. The van der Waals surface area contributed by atoms with E-state index in [0.717, 1.165) is 5.92 Å². The molecule has 72 valence electrons. The van der Waals surface area contributed by atoms with Crippen LogP contribution in [-0.4, -0.2) is 7.05 Å². The fourth-order valence-electron chi connectivity index (χ4n) is 1.88. The van der Waals surface area contributed by atoms with Crippen molar-refractivity contribution in [1.82, 2.24) is 5.32 Å². The van der Waals surface area contributed by atoms with Crippen LogP contribution in [0, 0.1) is 5.92 Å². The van der Waals surface area contributed by atoms with Gasteiger partial charge in [-0.2, -0.15) is 0 Å². The van der Waals surface area contributed by atoms with E-state index >= 15 is 0 Å². The summed E-state index contributed by atoms with van der Waals surface area (Å²) in [4.78, 5) is 1.47. The van der Waals surface area contributed by atoms with Crippen LogP contribution in [-0.2, 0) is 0 Å². The molecule has 2 rings (SSSR count). The molecule has 0 radical (unpaired) electrons. The Morgan fingerprint density at radius 3 is 2.69 bits per heavy atom. The molecule has 0 aromatic carbocycles. The Hall–Kier alpha value is 0.140. The summed E-state index contributed by atoms with van der Waals surface area (Å²) in [6.07, 6.45) is 4.19. The molecule has 1 atom stereocenters. The minimum absolute atomic E-state index is 0.588. The Labute approximate surface area is 91.7 Å². The summed E-state index contributed by atoms with van der Waals surface area (Å²) in [5.41, 5.74) is 0. The molecule has 0 bridgehead atoms. The molecule has 1 saturated carbocycles. The van der Waals surface area contributed by atoms with E-state index in [4.69, 9.17) is 0 Å². The highest BCUT2D eigenvalue weighted by Crippen LogP contribution is 2.40. The Bertz CT molecular complexity index is 280. The summed E-state index contributed by atoms with van der Waals surface area (Å²) in [6, 6.07) is 4.96. The maximum absolute atomic E-state index is 3.51. The zero-order chi connectivity index (χ0) is 9.26. The summed E-state index contributed by atoms with van der Waals surface area (Å²) in [5, 5.41) is 3.42. The predicted octanol–water partition coefficient (Wildman–Crippen LogP) is 3.57. The SMILES string of the molecule is CNC(c1ccc(Br)s1)C1CCC1. The Balaban J connectivity index is 2.11. The molecule has 1 heterocycles. The summed E-state index contributed by atoms with van der Waals surface area (Å²) >= 11 is 5.36. The number of halogens is 1. The van der Waals surface area contributed by atoms with Crippen molar-refractivity contribution in [2.75, 3.05) is 7.05 Å². The molecule has 1 unspecified atom stereocenters. The van der Waals surface area contributed by atoms with Gasteiger partial charge in [0.15, 0.2) is 0 Å². The molecule has 0 spiro atoms. The normalized spacial score (nSPS) is 19.8. The molecule has 0 aliphatic heterocycles. The minimum Gasteiger partial charge on any atom is -0.312 e. The van der Waals surface area contributed by atoms with Gasteiger partial charge in [0.25, 0.3) is 0 Å². The third-order valence-electron chi connectivity index (χ3n) is 2.83. The molecule has 0 saturated heterocycles. The van der Waals surface area contributed by atoms with Gasteiger partial charge in [0.05, 0.1) is 3.79 Å². The molecular weight excluding hydrogens is 246 g/mol. The van der Waals surface area contributed by atoms with E-state index in [1.165, 1.54) is 27.9 Å². The lowest BCUT2D eigenvalue weighted by Crippen LogP contribution is -2.28. The number of hydrogen-bond donors (Lipinski definition) is 1. The summed E-state index contributed by atoms with van der Waals surface area (Å²) in [5.74, 6) is 0.871. The maximum atomic E-state index is 3.51. The van der Waals surface area contributed by atoms with E-state index in [-0.39, 0.29) is 0 Å². The van der Waals surface area contributed by atoms with Crippen LogP contribution in [0.15, 0.2) is 15.9 Å². The maximum Gasteiger partial charge on any atom is 0.0701 e. The Morgan fingerprint density at radius 1 is 1.54 bits per heavy atom. The molecule has 1 nitrogen and oxygen atoms in total. The second-order valence-corrected chi connectivity index (χ2v) is 6.09. The second-order valence-electron chi connectivity index (χ2n) is 3.60. The van der Waals surface area contributed by atoms with E-state index in [2.05, 4.69) is 40.4 Å². The van der Waals surface area contributed by atoms with E-state index < -0.39 is 0 Å². The lowest BCUT2D eigenvalue weighted by molar-refractivity contribution is 0.242. The molecular formula is C10H14BrNS. The van der Waals surface area contributed by atoms with Crippen molar-refractivity contribution in [3.63, 3.8) is 0 Å². The van der Waals surface area contributed by atoms with Crippen LogP contribution in [0.5, 0.6) is 0 Å². The van der Waals surface area contributed by atoms with Gasteiger partial charge in [-0.15, -0.1) is 11.3 Å². The third kappa shape index (κ3) is 1.97. The lowest BCUT2D eigenvalue weighted by Gasteiger charge is -2.32. The van der Waals surface area contributed by atoms with Crippen molar-refractivity contribution in [2.45, 2.75) is 25.3 Å². The molecule has 1 aromatic heterocycles. The summed E-state index contributed by atoms with van der Waals surface area (Å²) in [6.45, 7) is 0. The van der Waals surface area contributed by atoms with Gasteiger partial charge in [0.2, 0.25) is 0 Å². The van der Waals surface area contributed by atoms with Gasteiger partial charge in [-0.1, -0.05) is 6.42 Å². The van der Waals surface area contributed by atoms with Crippen LogP contribution >= 0.6 is 27.3 Å². The first-order valence-corrected chi connectivity index (χ1v) is 6.34. The van der Waals surface area contributed by atoms with Crippen molar-refractivity contribution < 1.29 is 0 Å². The number of thiophene rings is 1. The van der Waals surface area contributed by atoms with Gasteiger partial charge in [-0.25, -0.2) is 0 Å². The van der Waals surface area contributed by atoms with Gasteiger partial charge in [-0.05, 0) is 53.9 Å². The van der Waals surface area contributed by atoms with Crippen molar-refractivity contribution in [2.24, 2.45) is 5.92 Å². The standard InChI is InChI=1S/C10H14BrNS/c1-12-10(7-3-2-4-7)8-5-6-9(11)13-8/h5-7,10,12H,2-4H2,1H3. The third-order valence-corrected chi connectivity index (χ3v) is 4.54. The highest BCUT2D eigenvalue weighted by atomic mass is 79.9. The molecule has 3 heteroatoms. The molecule has 1 N–H and O–H groups in total. The zero-order valence-electron chi connectivity index (χ0n) is 7.72. The molecule has 1 aromatic rings. The highest BCUT2D eigenvalue weighted by molar-refractivity contribution is 9.11. The average Bonchev–Trinajstić information content (AvgIpc) is 2.43. The number of nitrogens with one attached hydrogen (secondary N) is 1. The van der Waals surface area contributed by atoms with Crippen LogP contribution in [0.3, 0.4) is 0 Å². The second kappa shape index (κ2) is 4.11. The van der Waals surface area contributed by atoms with Gasteiger partial charge in [0, 0.05) is 10.9 Å². The van der Waals surface area contributed by atoms with E-state index in [1.807, 2.05) is 11.3 Å². The van der Waals surface area contributed by atoms with Crippen LogP contribution in [0.25, 0.3) is 0 Å². The zero-order valence-corrected chi connectivity index (χ0v) is 10.1. The lowest BCUT2D eigenvalue weighted by atomic mass is 9.79. The Morgan fingerprint density at radius 2 is 2.31 bits per heavy atom. The fraction of sp³-hybridized carbons (Fsp3) is 0.600. The first-order valence-electron chi connectivity index (χ1n) is 4.74. The van der Waals surface area contributed by atoms with Crippen molar-refractivity contribution in [3.8, 4) is 0 Å². The molecule has 1 aliphatic carbocycles. The first-order chi connectivity index (χ1) is 6.31. The van der Waals surface area contributed by atoms with Crippen molar-refractivity contribution >= 4 is 27.3 Å². The summed E-state index contributed by atoms with van der Waals surface area (Å²) < 4.78 is 1.24. The van der Waals surface area contributed by atoms with Crippen molar-refractivity contribution in [1.29, 1.82) is 0 Å². The molecule has 1 aliphatic rings. The van der Waals surface area contributed by atoms with Crippen LogP contribution in [0.4, 0.5) is 0 Å². The van der Waals surface area contributed by atoms with Gasteiger partial charge in [0.1, 0.15) is 0 Å².